The van der Waals surface area contributed by atoms with Crippen LogP contribution in [0.5, 0.6) is 0 Å². The van der Waals surface area contributed by atoms with Crippen molar-refractivity contribution in [3.63, 3.8) is 0 Å². The van der Waals surface area contributed by atoms with Crippen molar-refractivity contribution >= 4 is 81.3 Å². The molecule has 3 heterocycles. The predicted molar refractivity (Wildman–Crippen MR) is 228 cm³/mol. The van der Waals surface area contributed by atoms with E-state index in [1.54, 1.807) is 0 Å². The van der Waals surface area contributed by atoms with Gasteiger partial charge in [-0.3, -0.25) is 0 Å². The monoisotopic (exact) mass is 722 g/mol. The van der Waals surface area contributed by atoms with Crippen LogP contribution in [0, 0.1) is 0 Å². The summed E-state index contributed by atoms with van der Waals surface area (Å²) in [6.07, 6.45) is 0. The van der Waals surface area contributed by atoms with Crippen molar-refractivity contribution in [1.29, 1.82) is 0 Å². The molecule has 0 N–H and O–H groups in total. The van der Waals surface area contributed by atoms with Crippen LogP contribution in [0.15, 0.2) is 186 Å². The molecule has 8 aromatic carbocycles. The Hall–Kier alpha value is -7.15. The van der Waals surface area contributed by atoms with E-state index in [2.05, 4.69) is 126 Å². The van der Waals surface area contributed by atoms with Gasteiger partial charge in [0.2, 0.25) is 0 Å². The van der Waals surface area contributed by atoms with Crippen LogP contribution in [0.4, 0.5) is 17.1 Å². The summed E-state index contributed by atoms with van der Waals surface area (Å²) in [6, 6.07) is 63.1. The Labute approximate surface area is 320 Å². The Kier molecular flexibility index (Phi) is 7.28. The number of furan rings is 1. The minimum atomic E-state index is 0.554. The summed E-state index contributed by atoms with van der Waals surface area (Å²) in [6.45, 7) is 0. The Balaban J connectivity index is 1.22. The number of nitrogens with zero attached hydrogens (tertiary/aromatic N) is 4. The van der Waals surface area contributed by atoms with Gasteiger partial charge in [-0.2, -0.15) is 0 Å². The van der Waals surface area contributed by atoms with E-state index in [9.17, 15) is 0 Å². The molecule has 0 aliphatic heterocycles. The van der Waals surface area contributed by atoms with Gasteiger partial charge in [0.05, 0.1) is 16.9 Å². The van der Waals surface area contributed by atoms with Gasteiger partial charge in [0, 0.05) is 47.8 Å². The molecule has 0 spiro atoms. The summed E-state index contributed by atoms with van der Waals surface area (Å²) in [5.41, 5.74) is 7.25. The van der Waals surface area contributed by atoms with E-state index in [0.717, 1.165) is 66.5 Å². The number of aromatic nitrogens is 3. The van der Waals surface area contributed by atoms with Crippen molar-refractivity contribution in [2.45, 2.75) is 0 Å². The normalized spacial score (nSPS) is 11.6. The largest absolute Gasteiger partial charge is 0.453 e. The van der Waals surface area contributed by atoms with Crippen molar-refractivity contribution in [3.05, 3.63) is 182 Å². The summed E-state index contributed by atoms with van der Waals surface area (Å²) < 4.78 is 9.73. The van der Waals surface area contributed by atoms with Crippen LogP contribution in [-0.2, 0) is 0 Å². The highest BCUT2D eigenvalue weighted by Crippen LogP contribution is 2.49. The highest BCUT2D eigenvalue weighted by atomic mass is 32.1. The lowest BCUT2D eigenvalue weighted by molar-refractivity contribution is 0.670. The molecule has 55 heavy (non-hydrogen) atoms. The maximum atomic E-state index is 7.23. The SMILES string of the molecule is c1ccc(-c2nc(-c3ccccc3)nc(-c3cc4ccccc4c4c3oc3c(N(c5ccccc5)c5cccc6sc7ccccc7c56)cccc34)n2)cc1. The van der Waals surface area contributed by atoms with Crippen molar-refractivity contribution in [3.8, 4) is 34.2 Å². The third-order valence-corrected chi connectivity index (χ3v) is 11.4. The topological polar surface area (TPSA) is 55.1 Å². The first-order valence-corrected chi connectivity index (χ1v) is 19.1. The van der Waals surface area contributed by atoms with Crippen LogP contribution in [0.1, 0.15) is 0 Å². The molecular formula is C49H30N4OS. The zero-order chi connectivity index (χ0) is 36.3. The number of benzene rings is 8. The third-order valence-electron chi connectivity index (χ3n) is 10.3. The van der Waals surface area contributed by atoms with Crippen LogP contribution < -0.4 is 4.90 Å². The first-order chi connectivity index (χ1) is 27.3. The molecular weight excluding hydrogens is 693 g/mol. The molecule has 0 bridgehead atoms. The number of thiophene rings is 1. The Morgan fingerprint density at radius 1 is 0.418 bits per heavy atom. The molecule has 0 atom stereocenters. The number of hydrogen-bond acceptors (Lipinski definition) is 6. The fourth-order valence-corrected chi connectivity index (χ4v) is 8.96. The minimum absolute atomic E-state index is 0.554. The molecule has 0 unspecified atom stereocenters. The predicted octanol–water partition coefficient (Wildman–Crippen LogP) is 13.8. The van der Waals surface area contributed by atoms with Gasteiger partial charge < -0.3 is 9.32 Å². The van der Waals surface area contributed by atoms with Crippen molar-refractivity contribution in [1.82, 2.24) is 15.0 Å². The molecule has 0 aliphatic rings. The standard InChI is InChI=1S/C49H30N4OS/c1-4-16-31(17-5-1)47-50-48(32-18-6-2-7-19-32)52-49(51-47)38-30-33-20-10-11-23-35(33)43-37-25-14-27-40(45(37)54-46(38)43)53(34-21-8-3-9-22-34)39-26-15-29-42-44(39)36-24-12-13-28-41(36)55-42/h1-30H. The van der Waals surface area contributed by atoms with Crippen molar-refractivity contribution < 1.29 is 4.42 Å². The molecule has 0 amide bonds. The van der Waals surface area contributed by atoms with Gasteiger partial charge in [-0.25, -0.2) is 15.0 Å². The summed E-state index contributed by atoms with van der Waals surface area (Å²) >= 11 is 1.82. The fourth-order valence-electron chi connectivity index (χ4n) is 7.83. The maximum Gasteiger partial charge on any atom is 0.167 e. The lowest BCUT2D eigenvalue weighted by Crippen LogP contribution is -2.10. The summed E-state index contributed by atoms with van der Waals surface area (Å²) in [5.74, 6) is 1.77. The highest BCUT2D eigenvalue weighted by molar-refractivity contribution is 7.26. The van der Waals surface area contributed by atoms with Gasteiger partial charge in [0.25, 0.3) is 0 Å². The van der Waals surface area contributed by atoms with Gasteiger partial charge in [0.1, 0.15) is 5.58 Å². The number of para-hydroxylation sites is 2. The average Bonchev–Trinajstić information content (AvgIpc) is 3.85. The highest BCUT2D eigenvalue weighted by Gasteiger charge is 2.25. The van der Waals surface area contributed by atoms with Gasteiger partial charge in [-0.05, 0) is 53.2 Å². The average molecular weight is 723 g/mol. The molecule has 0 saturated heterocycles. The van der Waals surface area contributed by atoms with E-state index in [1.807, 2.05) is 72.0 Å². The maximum absolute atomic E-state index is 7.23. The van der Waals surface area contributed by atoms with Gasteiger partial charge in [-0.15, -0.1) is 11.3 Å². The number of hydrogen-bond donors (Lipinski definition) is 0. The molecule has 11 rings (SSSR count). The van der Waals surface area contributed by atoms with Crippen LogP contribution >= 0.6 is 11.3 Å². The Bertz CT molecular complexity index is 3150. The van der Waals surface area contributed by atoms with Crippen LogP contribution in [0.3, 0.4) is 0 Å². The molecule has 5 nitrogen and oxygen atoms in total. The number of rotatable bonds is 6. The van der Waals surface area contributed by atoms with E-state index in [1.165, 1.54) is 20.2 Å². The van der Waals surface area contributed by atoms with Crippen LogP contribution in [0.2, 0.25) is 0 Å². The molecule has 11 aromatic rings. The van der Waals surface area contributed by atoms with Crippen molar-refractivity contribution in [2.75, 3.05) is 4.90 Å². The third kappa shape index (κ3) is 5.18. The molecule has 0 aliphatic carbocycles. The minimum Gasteiger partial charge on any atom is -0.453 e. The second-order valence-electron chi connectivity index (χ2n) is 13.6. The second-order valence-corrected chi connectivity index (χ2v) is 14.6. The van der Waals surface area contributed by atoms with E-state index >= 15 is 0 Å². The smallest absolute Gasteiger partial charge is 0.167 e. The molecule has 3 aromatic heterocycles. The van der Waals surface area contributed by atoms with Crippen molar-refractivity contribution in [2.24, 2.45) is 0 Å². The van der Waals surface area contributed by atoms with E-state index < -0.39 is 0 Å². The van der Waals surface area contributed by atoms with Gasteiger partial charge >= 0.3 is 0 Å². The molecule has 0 fully saturated rings. The molecule has 6 heteroatoms. The first-order valence-electron chi connectivity index (χ1n) is 18.3. The van der Waals surface area contributed by atoms with Crippen LogP contribution in [-0.4, -0.2) is 15.0 Å². The summed E-state index contributed by atoms with van der Waals surface area (Å²) in [5, 5.41) is 6.70. The lowest BCUT2D eigenvalue weighted by Gasteiger charge is -2.26. The Morgan fingerprint density at radius 2 is 0.982 bits per heavy atom. The second kappa shape index (κ2) is 12.8. The Morgan fingerprint density at radius 3 is 1.73 bits per heavy atom. The molecule has 0 saturated carbocycles. The zero-order valence-corrected chi connectivity index (χ0v) is 30.2. The van der Waals surface area contributed by atoms with E-state index in [-0.39, 0.29) is 0 Å². The number of fused-ring (bicyclic) bond motifs is 8. The van der Waals surface area contributed by atoms with Gasteiger partial charge in [-0.1, -0.05) is 140 Å². The quantitative estimate of drug-likeness (QED) is 0.171. The molecule has 258 valence electrons. The van der Waals surface area contributed by atoms with Crippen LogP contribution in [0.25, 0.3) is 87.0 Å². The lowest BCUT2D eigenvalue weighted by atomic mass is 9.99. The van der Waals surface area contributed by atoms with E-state index in [0.29, 0.717) is 17.5 Å². The number of anilines is 3. The van der Waals surface area contributed by atoms with E-state index in [4.69, 9.17) is 19.4 Å². The zero-order valence-electron chi connectivity index (χ0n) is 29.4. The fraction of sp³-hybridized carbons (Fsp3) is 0. The summed E-state index contributed by atoms with van der Waals surface area (Å²) in [7, 11) is 0. The van der Waals surface area contributed by atoms with Gasteiger partial charge in [0.15, 0.2) is 23.1 Å². The molecule has 0 radical (unpaired) electrons. The summed E-state index contributed by atoms with van der Waals surface area (Å²) in [4.78, 5) is 17.6. The first kappa shape index (κ1) is 31.4.